The summed E-state index contributed by atoms with van der Waals surface area (Å²) in [6.07, 6.45) is -0.514. The van der Waals surface area contributed by atoms with Gasteiger partial charge in [0.2, 0.25) is 0 Å². The number of amides is 1. The Bertz CT molecular complexity index is 2200. The number of benzene rings is 5. The van der Waals surface area contributed by atoms with Crippen molar-refractivity contribution in [3.63, 3.8) is 0 Å². The molecule has 0 radical (unpaired) electrons. The van der Waals surface area contributed by atoms with Crippen molar-refractivity contribution in [3.05, 3.63) is 171 Å². The van der Waals surface area contributed by atoms with Crippen LogP contribution in [-0.2, 0) is 26.4 Å². The Morgan fingerprint density at radius 1 is 0.782 bits per heavy atom. The largest absolute Gasteiger partial charge is 0.392 e. The molecule has 3 aliphatic rings. The number of anilines is 1. The fraction of sp³-hybridized carbons (Fsp3) is 0.250. The number of hydrogen-bond acceptors (Lipinski definition) is 9. The van der Waals surface area contributed by atoms with Gasteiger partial charge in [-0.1, -0.05) is 90.5 Å². The Labute approximate surface area is 323 Å². The number of aliphatic hydroxyl groups is 2. The van der Waals surface area contributed by atoms with E-state index < -0.39 is 35.8 Å². The molecule has 1 amide bonds. The van der Waals surface area contributed by atoms with E-state index in [0.29, 0.717) is 48.7 Å². The number of esters is 2. The van der Waals surface area contributed by atoms with Crippen molar-refractivity contribution in [2.75, 3.05) is 25.0 Å². The number of nitrogens with zero attached hydrogens (tertiary/aromatic N) is 1. The highest BCUT2D eigenvalue weighted by molar-refractivity contribution is 6.30. The Morgan fingerprint density at radius 2 is 1.49 bits per heavy atom. The van der Waals surface area contributed by atoms with Gasteiger partial charge in [0.05, 0.1) is 35.5 Å². The molecule has 4 unspecified atom stereocenters. The van der Waals surface area contributed by atoms with Crippen LogP contribution in [0.15, 0.2) is 121 Å². The van der Waals surface area contributed by atoms with Gasteiger partial charge in [0, 0.05) is 47.4 Å². The number of piperidine rings is 1. The van der Waals surface area contributed by atoms with Crippen molar-refractivity contribution >= 4 is 35.1 Å². The summed E-state index contributed by atoms with van der Waals surface area (Å²) in [5, 5.41) is 24.9. The maximum atomic E-state index is 13.3. The number of ether oxygens (including phenoxy) is 3. The summed E-state index contributed by atoms with van der Waals surface area (Å²) in [5.41, 5.74) is 4.21. The first-order valence-corrected chi connectivity index (χ1v) is 18.6. The molecule has 2 saturated heterocycles. The van der Waals surface area contributed by atoms with E-state index in [-0.39, 0.29) is 35.3 Å². The maximum absolute atomic E-state index is 13.3. The molecule has 11 heteroatoms. The molecule has 0 aromatic heterocycles. The molecule has 2 fully saturated rings. The normalized spacial score (nSPS) is 22.2. The number of hydrogen-bond donors (Lipinski definition) is 3. The lowest BCUT2D eigenvalue weighted by Crippen LogP contribution is -2.49. The van der Waals surface area contributed by atoms with Crippen LogP contribution in [0.4, 0.5) is 5.69 Å². The average molecular weight is 759 g/mol. The van der Waals surface area contributed by atoms with Crippen molar-refractivity contribution in [2.45, 2.75) is 49.5 Å². The summed E-state index contributed by atoms with van der Waals surface area (Å²) in [4.78, 5) is 39.7. The number of nitrogens with one attached hydrogen (secondary N) is 1. The molecule has 0 saturated carbocycles. The van der Waals surface area contributed by atoms with Crippen LogP contribution in [0.25, 0.3) is 0 Å². The van der Waals surface area contributed by atoms with Crippen LogP contribution in [0.5, 0.6) is 0 Å². The number of carbonyl (C=O) groups is 3. The summed E-state index contributed by atoms with van der Waals surface area (Å²) in [5.74, 6) is -2.20. The van der Waals surface area contributed by atoms with Gasteiger partial charge in [0.25, 0.3) is 5.91 Å². The summed E-state index contributed by atoms with van der Waals surface area (Å²) >= 11 is 6.13. The second-order valence-electron chi connectivity index (χ2n) is 14.3. The third-order valence-electron chi connectivity index (χ3n) is 10.8. The Hall–Kier alpha value is -5.20. The molecule has 3 heterocycles. The first-order chi connectivity index (χ1) is 26.7. The van der Waals surface area contributed by atoms with Crippen LogP contribution >= 0.6 is 11.6 Å². The van der Waals surface area contributed by atoms with Gasteiger partial charge in [-0.2, -0.15) is 0 Å². The molecule has 0 spiro atoms. The van der Waals surface area contributed by atoms with E-state index in [1.165, 1.54) is 18.2 Å². The van der Waals surface area contributed by atoms with E-state index >= 15 is 0 Å². The van der Waals surface area contributed by atoms with Crippen molar-refractivity contribution < 1.29 is 38.8 Å². The predicted molar refractivity (Wildman–Crippen MR) is 205 cm³/mol. The molecule has 280 valence electrons. The summed E-state index contributed by atoms with van der Waals surface area (Å²) in [6, 6.07) is 36.8. The number of cyclic esters (lactones) is 2. The SMILES string of the molecule is O=C(Nc1cccc(C2OC(CN3CCC(O)(c4ccc(Cl)cc4)CC3)C(c3ccccc3)C(c3ccc(CO)cc3)O2)c1)c1ccc2c(c1)C(=O)OC2=O. The van der Waals surface area contributed by atoms with Crippen molar-refractivity contribution in [1.29, 1.82) is 0 Å². The number of aliphatic hydroxyl groups excluding tert-OH is 1. The lowest BCUT2D eigenvalue weighted by atomic mass is 9.81. The number of carbonyl (C=O) groups excluding carboxylic acids is 3. The predicted octanol–water partition coefficient (Wildman–Crippen LogP) is 7.32. The summed E-state index contributed by atoms with van der Waals surface area (Å²) in [6.45, 7) is 1.79. The highest BCUT2D eigenvalue weighted by atomic mass is 35.5. The van der Waals surface area contributed by atoms with Crippen LogP contribution in [0.2, 0.25) is 5.02 Å². The molecule has 55 heavy (non-hydrogen) atoms. The molecular formula is C44H39ClN2O8. The van der Waals surface area contributed by atoms with Gasteiger partial charge >= 0.3 is 11.9 Å². The van der Waals surface area contributed by atoms with Crippen LogP contribution in [-0.4, -0.2) is 58.7 Å². The molecule has 10 nitrogen and oxygen atoms in total. The second-order valence-corrected chi connectivity index (χ2v) is 14.7. The van der Waals surface area contributed by atoms with Crippen LogP contribution in [0.1, 0.15) is 90.0 Å². The Morgan fingerprint density at radius 3 is 2.22 bits per heavy atom. The van der Waals surface area contributed by atoms with Gasteiger partial charge in [-0.3, -0.25) is 4.79 Å². The van der Waals surface area contributed by atoms with E-state index in [1.807, 2.05) is 78.9 Å². The van der Waals surface area contributed by atoms with Crippen molar-refractivity contribution in [1.82, 2.24) is 4.90 Å². The highest BCUT2D eigenvalue weighted by Crippen LogP contribution is 2.48. The number of fused-ring (bicyclic) bond motifs is 1. The van der Waals surface area contributed by atoms with Crippen molar-refractivity contribution in [2.24, 2.45) is 0 Å². The van der Waals surface area contributed by atoms with Gasteiger partial charge in [0.1, 0.15) is 0 Å². The molecule has 5 aromatic carbocycles. The summed E-state index contributed by atoms with van der Waals surface area (Å²) in [7, 11) is 0. The zero-order chi connectivity index (χ0) is 38.1. The molecule has 5 aromatic rings. The zero-order valence-corrected chi connectivity index (χ0v) is 30.5. The number of halogens is 1. The molecular weight excluding hydrogens is 720 g/mol. The maximum Gasteiger partial charge on any atom is 0.346 e. The van der Waals surface area contributed by atoms with Crippen LogP contribution in [0.3, 0.4) is 0 Å². The minimum atomic E-state index is -0.957. The molecule has 3 aliphatic heterocycles. The first-order valence-electron chi connectivity index (χ1n) is 18.3. The quantitative estimate of drug-likeness (QED) is 0.104. The molecule has 0 bridgehead atoms. The fourth-order valence-electron chi connectivity index (χ4n) is 7.77. The monoisotopic (exact) mass is 758 g/mol. The lowest BCUT2D eigenvalue weighted by molar-refractivity contribution is -0.264. The Balaban J connectivity index is 1.08. The van der Waals surface area contributed by atoms with Crippen LogP contribution < -0.4 is 5.32 Å². The van der Waals surface area contributed by atoms with Gasteiger partial charge in [0.15, 0.2) is 6.29 Å². The minimum absolute atomic E-state index is 0.0517. The fourth-order valence-corrected chi connectivity index (χ4v) is 7.89. The minimum Gasteiger partial charge on any atom is -0.392 e. The molecule has 3 N–H and O–H groups in total. The third-order valence-corrected chi connectivity index (χ3v) is 11.0. The van der Waals surface area contributed by atoms with E-state index in [0.717, 1.165) is 22.3 Å². The van der Waals surface area contributed by atoms with E-state index in [2.05, 4.69) is 27.1 Å². The standard InChI is InChI=1S/C44H39ClN2O8/c45-33-16-14-32(15-17-33)44(52)19-21-47(22-20-44)25-37-38(28-5-2-1-3-6-28)39(29-11-9-27(26-48)10-12-29)54-43(53-37)31-7-4-8-34(23-31)46-40(49)30-13-18-35-36(24-30)42(51)55-41(35)50/h1-18,23-24,37-39,43,48,52H,19-22,25-26H2,(H,46,49). The van der Waals surface area contributed by atoms with Gasteiger partial charge in [-0.15, -0.1) is 0 Å². The number of rotatable bonds is 9. The van der Waals surface area contributed by atoms with E-state index in [9.17, 15) is 24.6 Å². The molecule has 0 aliphatic carbocycles. The Kier molecular flexibility index (Phi) is 10.4. The second kappa shape index (κ2) is 15.5. The van der Waals surface area contributed by atoms with Gasteiger partial charge in [-0.25, -0.2) is 9.59 Å². The van der Waals surface area contributed by atoms with E-state index in [4.69, 9.17) is 21.1 Å². The van der Waals surface area contributed by atoms with Gasteiger partial charge < -0.3 is 34.6 Å². The van der Waals surface area contributed by atoms with Gasteiger partial charge in [-0.05, 0) is 77.6 Å². The number of likely N-dealkylation sites (tertiary alicyclic amines) is 1. The third kappa shape index (κ3) is 7.70. The molecule has 8 rings (SSSR count). The molecule has 4 atom stereocenters. The first kappa shape index (κ1) is 36.8. The topological polar surface area (TPSA) is 135 Å². The van der Waals surface area contributed by atoms with Crippen molar-refractivity contribution in [3.8, 4) is 0 Å². The summed E-state index contributed by atoms with van der Waals surface area (Å²) < 4.78 is 18.5. The van der Waals surface area contributed by atoms with Crippen LogP contribution in [0, 0.1) is 0 Å². The average Bonchev–Trinajstić information content (AvgIpc) is 3.50. The highest BCUT2D eigenvalue weighted by Gasteiger charge is 2.44. The zero-order valence-electron chi connectivity index (χ0n) is 29.8. The van der Waals surface area contributed by atoms with E-state index in [1.54, 1.807) is 12.1 Å². The lowest BCUT2D eigenvalue weighted by Gasteiger charge is -2.46. The smallest absolute Gasteiger partial charge is 0.346 e.